The zero-order valence-electron chi connectivity index (χ0n) is 11.5. The molecule has 0 atom stereocenters. The summed E-state index contributed by atoms with van der Waals surface area (Å²) in [6.45, 7) is 0.652. The van der Waals surface area contributed by atoms with E-state index < -0.39 is 0 Å². The van der Waals surface area contributed by atoms with Crippen LogP contribution in [0.1, 0.15) is 24.0 Å². The highest BCUT2D eigenvalue weighted by Crippen LogP contribution is 2.37. The van der Waals surface area contributed by atoms with Crippen molar-refractivity contribution in [3.8, 4) is 6.07 Å². The number of nitrogens with two attached hydrogens (primary N) is 1. The number of nitriles is 1. The lowest BCUT2D eigenvalue weighted by Gasteiger charge is -2.25. The number of nitrogen functional groups attached to an aromatic ring is 1. The van der Waals surface area contributed by atoms with Crippen LogP contribution in [0.3, 0.4) is 0 Å². The number of benzene rings is 1. The molecule has 1 aromatic heterocycles. The van der Waals surface area contributed by atoms with Gasteiger partial charge < -0.3 is 10.6 Å². The van der Waals surface area contributed by atoms with Crippen molar-refractivity contribution in [1.29, 1.82) is 5.26 Å². The first-order valence-electron chi connectivity index (χ1n) is 6.85. The summed E-state index contributed by atoms with van der Waals surface area (Å²) in [7, 11) is 0. The van der Waals surface area contributed by atoms with Gasteiger partial charge in [-0.3, -0.25) is 0 Å². The van der Waals surface area contributed by atoms with Crippen molar-refractivity contribution in [1.82, 2.24) is 4.98 Å². The van der Waals surface area contributed by atoms with E-state index in [1.165, 1.54) is 0 Å². The van der Waals surface area contributed by atoms with Gasteiger partial charge in [-0.25, -0.2) is 4.98 Å². The van der Waals surface area contributed by atoms with E-state index >= 15 is 0 Å². The Morgan fingerprint density at radius 1 is 1.33 bits per heavy atom. The Balaban J connectivity index is 1.96. The smallest absolute Gasteiger partial charge is 0.149 e. The number of hydrogen-bond donors (Lipinski definition) is 1. The Kier molecular flexibility index (Phi) is 3.68. The van der Waals surface area contributed by atoms with Crippen LogP contribution in [0.25, 0.3) is 0 Å². The van der Waals surface area contributed by atoms with Crippen molar-refractivity contribution < 1.29 is 0 Å². The molecule has 1 aliphatic rings. The molecule has 4 nitrogen and oxygen atoms in total. The number of aromatic nitrogens is 1. The predicted molar refractivity (Wildman–Crippen MR) is 84.0 cm³/mol. The first kappa shape index (κ1) is 13.7. The summed E-state index contributed by atoms with van der Waals surface area (Å²) in [6.07, 6.45) is 3.85. The van der Waals surface area contributed by atoms with Crippen LogP contribution in [0.4, 0.5) is 11.5 Å². The second-order valence-corrected chi connectivity index (χ2v) is 5.54. The van der Waals surface area contributed by atoms with Crippen molar-refractivity contribution in [2.45, 2.75) is 25.4 Å². The maximum atomic E-state index is 9.11. The quantitative estimate of drug-likeness (QED) is 0.879. The van der Waals surface area contributed by atoms with Gasteiger partial charge in [-0.1, -0.05) is 29.8 Å². The van der Waals surface area contributed by atoms with Crippen LogP contribution in [0.2, 0.25) is 5.02 Å². The maximum Gasteiger partial charge on any atom is 0.149 e. The summed E-state index contributed by atoms with van der Waals surface area (Å²) in [6, 6.07) is 11.9. The molecule has 1 fully saturated rings. The molecule has 3 rings (SSSR count). The van der Waals surface area contributed by atoms with E-state index in [0.717, 1.165) is 24.1 Å². The van der Waals surface area contributed by atoms with E-state index in [1.54, 1.807) is 12.3 Å². The molecule has 0 bridgehead atoms. The lowest BCUT2D eigenvalue weighted by Crippen LogP contribution is -2.27. The van der Waals surface area contributed by atoms with Crippen molar-refractivity contribution in [2.75, 3.05) is 10.6 Å². The highest BCUT2D eigenvalue weighted by molar-refractivity contribution is 6.34. The molecular formula is C16H15ClN4. The van der Waals surface area contributed by atoms with E-state index in [1.807, 2.05) is 24.3 Å². The molecule has 0 aliphatic heterocycles. The summed E-state index contributed by atoms with van der Waals surface area (Å²) < 4.78 is 0. The molecule has 106 valence electrons. The van der Waals surface area contributed by atoms with E-state index in [0.29, 0.717) is 29.0 Å². The van der Waals surface area contributed by atoms with Gasteiger partial charge in [0.1, 0.15) is 16.9 Å². The molecule has 1 heterocycles. The number of hydrogen-bond acceptors (Lipinski definition) is 4. The fraction of sp³-hybridized carbons (Fsp3) is 0.250. The van der Waals surface area contributed by atoms with Gasteiger partial charge in [-0.15, -0.1) is 0 Å². The monoisotopic (exact) mass is 298 g/mol. The Bertz CT molecular complexity index is 704. The van der Waals surface area contributed by atoms with Crippen LogP contribution >= 0.6 is 11.6 Å². The van der Waals surface area contributed by atoms with Gasteiger partial charge in [0.2, 0.25) is 0 Å². The maximum absolute atomic E-state index is 9.11. The largest absolute Gasteiger partial charge is 0.398 e. The van der Waals surface area contributed by atoms with Crippen molar-refractivity contribution in [2.24, 2.45) is 0 Å². The number of halogens is 1. The molecule has 0 spiro atoms. The molecule has 2 aromatic rings. The fourth-order valence-electron chi connectivity index (χ4n) is 2.34. The van der Waals surface area contributed by atoms with Crippen LogP contribution in [-0.2, 0) is 6.54 Å². The van der Waals surface area contributed by atoms with E-state index in [2.05, 4.69) is 16.0 Å². The minimum absolute atomic E-state index is 0.418. The molecule has 0 radical (unpaired) electrons. The van der Waals surface area contributed by atoms with Crippen molar-refractivity contribution >= 4 is 23.1 Å². The number of para-hydroxylation sites is 1. The average molecular weight is 299 g/mol. The van der Waals surface area contributed by atoms with E-state index in [9.17, 15) is 0 Å². The Hall–Kier alpha value is -2.25. The standard InChI is InChI=1S/C16H15ClN4/c17-15-11(9-18)7-8-20-16(15)21(13-5-6-13)10-12-3-1-2-4-14(12)19/h1-4,7-8,13H,5-6,10,19H2. The van der Waals surface area contributed by atoms with Crippen LogP contribution in [0.15, 0.2) is 36.5 Å². The lowest BCUT2D eigenvalue weighted by molar-refractivity contribution is 0.779. The molecule has 0 unspecified atom stereocenters. The zero-order valence-corrected chi connectivity index (χ0v) is 12.2. The van der Waals surface area contributed by atoms with Gasteiger partial charge >= 0.3 is 0 Å². The Labute approximate surface area is 128 Å². The third-order valence-corrected chi connectivity index (χ3v) is 4.02. The van der Waals surface area contributed by atoms with Crippen LogP contribution < -0.4 is 10.6 Å². The molecule has 1 aromatic carbocycles. The summed E-state index contributed by atoms with van der Waals surface area (Å²) in [5.74, 6) is 0.668. The number of nitrogens with zero attached hydrogens (tertiary/aromatic N) is 3. The number of rotatable bonds is 4. The lowest BCUT2D eigenvalue weighted by atomic mass is 10.1. The second-order valence-electron chi connectivity index (χ2n) is 5.17. The first-order valence-corrected chi connectivity index (χ1v) is 7.23. The number of pyridine rings is 1. The molecule has 0 saturated heterocycles. The normalized spacial score (nSPS) is 13.7. The van der Waals surface area contributed by atoms with Crippen LogP contribution in [0, 0.1) is 11.3 Å². The summed E-state index contributed by atoms with van der Waals surface area (Å²) in [5, 5.41) is 9.53. The Morgan fingerprint density at radius 3 is 2.76 bits per heavy atom. The predicted octanol–water partition coefficient (Wildman–Crippen LogP) is 3.36. The number of anilines is 2. The second kappa shape index (κ2) is 5.63. The van der Waals surface area contributed by atoms with Crippen LogP contribution in [0.5, 0.6) is 0 Å². The fourth-order valence-corrected chi connectivity index (χ4v) is 2.61. The Morgan fingerprint density at radius 2 is 2.10 bits per heavy atom. The molecule has 2 N–H and O–H groups in total. The topological polar surface area (TPSA) is 65.9 Å². The van der Waals surface area contributed by atoms with Gasteiger partial charge in [-0.2, -0.15) is 5.26 Å². The van der Waals surface area contributed by atoms with Gasteiger partial charge in [0.25, 0.3) is 0 Å². The van der Waals surface area contributed by atoms with Gasteiger partial charge in [0.05, 0.1) is 5.56 Å². The summed E-state index contributed by atoms with van der Waals surface area (Å²) in [5.41, 5.74) is 8.29. The minimum Gasteiger partial charge on any atom is -0.398 e. The molecule has 5 heteroatoms. The highest BCUT2D eigenvalue weighted by atomic mass is 35.5. The molecule has 21 heavy (non-hydrogen) atoms. The van der Waals surface area contributed by atoms with Gasteiger partial charge in [0.15, 0.2) is 0 Å². The third kappa shape index (κ3) is 2.79. The third-order valence-electron chi connectivity index (χ3n) is 3.65. The highest BCUT2D eigenvalue weighted by Gasteiger charge is 2.32. The summed E-state index contributed by atoms with van der Waals surface area (Å²) in [4.78, 5) is 6.52. The SMILES string of the molecule is N#Cc1ccnc(N(Cc2ccccc2N)C2CC2)c1Cl. The molecular weight excluding hydrogens is 284 g/mol. The zero-order chi connectivity index (χ0) is 14.8. The first-order chi connectivity index (χ1) is 10.2. The van der Waals surface area contributed by atoms with Gasteiger partial charge in [-0.05, 0) is 30.5 Å². The summed E-state index contributed by atoms with van der Waals surface area (Å²) >= 11 is 6.32. The van der Waals surface area contributed by atoms with Crippen molar-refractivity contribution in [3.05, 3.63) is 52.7 Å². The van der Waals surface area contributed by atoms with Crippen molar-refractivity contribution in [3.63, 3.8) is 0 Å². The molecule has 1 aliphatic carbocycles. The average Bonchev–Trinajstić information content (AvgIpc) is 3.32. The minimum atomic E-state index is 0.418. The van der Waals surface area contributed by atoms with Gasteiger partial charge in [0, 0.05) is 24.5 Å². The molecule has 0 amide bonds. The van der Waals surface area contributed by atoms with E-state index in [4.69, 9.17) is 22.6 Å². The van der Waals surface area contributed by atoms with Crippen LogP contribution in [-0.4, -0.2) is 11.0 Å². The molecule has 1 saturated carbocycles. The van der Waals surface area contributed by atoms with E-state index in [-0.39, 0.29) is 0 Å².